The van der Waals surface area contributed by atoms with Crippen molar-refractivity contribution in [1.29, 1.82) is 0 Å². The van der Waals surface area contributed by atoms with Gasteiger partial charge in [-0.15, -0.1) is 0 Å². The Morgan fingerprint density at radius 1 is 1.29 bits per heavy atom. The Labute approximate surface area is 161 Å². The Morgan fingerprint density at radius 3 is 2.32 bits per heavy atom. The molecule has 0 aliphatic heterocycles. The van der Waals surface area contributed by atoms with E-state index in [1.807, 2.05) is 0 Å². The summed E-state index contributed by atoms with van der Waals surface area (Å²) in [7, 11) is -5.69. The van der Waals surface area contributed by atoms with E-state index in [9.17, 15) is 31.7 Å². The fraction of sp³-hybridized carbons (Fsp3) is 0.647. The molecule has 158 valence electrons. The first-order valence-corrected chi connectivity index (χ1v) is 10.3. The predicted molar refractivity (Wildman–Crippen MR) is 97.5 cm³/mol. The van der Waals surface area contributed by atoms with Crippen LogP contribution in [-0.2, 0) is 10.0 Å². The molecule has 0 aromatic heterocycles. The van der Waals surface area contributed by atoms with Gasteiger partial charge in [-0.3, -0.25) is 14.8 Å². The van der Waals surface area contributed by atoms with E-state index in [1.165, 1.54) is 4.72 Å². The number of ether oxygens (including phenoxy) is 1. The molecule has 1 fully saturated rings. The minimum atomic E-state index is -5.69. The van der Waals surface area contributed by atoms with Crippen LogP contribution < -0.4 is 9.46 Å². The molecule has 0 spiro atoms. The van der Waals surface area contributed by atoms with Crippen molar-refractivity contribution in [3.63, 3.8) is 0 Å². The summed E-state index contributed by atoms with van der Waals surface area (Å²) in [5.74, 6) is 0.675. The number of nitrogens with zero attached hydrogens (tertiary/aromatic N) is 1. The zero-order valence-electron chi connectivity index (χ0n) is 15.7. The Morgan fingerprint density at radius 2 is 1.86 bits per heavy atom. The van der Waals surface area contributed by atoms with Gasteiger partial charge in [0, 0.05) is 6.07 Å². The average Bonchev–Trinajstić information content (AvgIpc) is 2.55. The van der Waals surface area contributed by atoms with Gasteiger partial charge >= 0.3 is 15.5 Å². The Bertz CT molecular complexity index is 832. The van der Waals surface area contributed by atoms with Gasteiger partial charge in [-0.25, -0.2) is 0 Å². The minimum absolute atomic E-state index is 0.299. The van der Waals surface area contributed by atoms with Crippen LogP contribution in [0.15, 0.2) is 18.2 Å². The van der Waals surface area contributed by atoms with E-state index >= 15 is 0 Å². The number of alkyl halides is 3. The first-order valence-electron chi connectivity index (χ1n) is 8.81. The standard InChI is InChI=1S/C17H23F3N2O5S/c1-11(2)12-6-8-16(3,9-7-12)27-15-10-13(22(23)24)4-5-14(15)21-28(25,26)17(18,19)20/h4-5,10-12,21H,6-9H2,1-3H3. The lowest BCUT2D eigenvalue weighted by atomic mass is 9.75. The van der Waals surface area contributed by atoms with Gasteiger partial charge < -0.3 is 4.74 Å². The molecule has 0 heterocycles. The number of sulfonamides is 1. The SMILES string of the molecule is CC(C)C1CCC(C)(Oc2cc([N+](=O)[O-])ccc2NS(=O)(=O)C(F)(F)F)CC1. The summed E-state index contributed by atoms with van der Waals surface area (Å²) in [6.45, 7) is 5.99. The second-order valence-corrected chi connectivity index (χ2v) is 9.30. The van der Waals surface area contributed by atoms with Crippen LogP contribution >= 0.6 is 0 Å². The maximum Gasteiger partial charge on any atom is 0.516 e. The highest BCUT2D eigenvalue weighted by molar-refractivity contribution is 7.93. The number of hydrogen-bond acceptors (Lipinski definition) is 5. The Balaban J connectivity index is 2.33. The summed E-state index contributed by atoms with van der Waals surface area (Å²) in [4.78, 5) is 10.3. The number of hydrogen-bond donors (Lipinski definition) is 1. The van der Waals surface area contributed by atoms with Gasteiger partial charge in [0.05, 0.1) is 16.7 Å². The van der Waals surface area contributed by atoms with Crippen molar-refractivity contribution in [2.45, 2.75) is 57.6 Å². The van der Waals surface area contributed by atoms with Crippen LogP contribution in [0.3, 0.4) is 0 Å². The molecule has 0 unspecified atom stereocenters. The van der Waals surface area contributed by atoms with Crippen molar-refractivity contribution in [3.05, 3.63) is 28.3 Å². The van der Waals surface area contributed by atoms with Crippen molar-refractivity contribution in [2.75, 3.05) is 4.72 Å². The summed E-state index contributed by atoms with van der Waals surface area (Å²) >= 11 is 0. The van der Waals surface area contributed by atoms with Gasteiger partial charge in [-0.1, -0.05) is 13.8 Å². The lowest BCUT2D eigenvalue weighted by Crippen LogP contribution is -2.38. The summed E-state index contributed by atoms with van der Waals surface area (Å²) < 4.78 is 68.3. The van der Waals surface area contributed by atoms with Crippen molar-refractivity contribution in [1.82, 2.24) is 0 Å². The lowest BCUT2D eigenvalue weighted by molar-refractivity contribution is -0.385. The van der Waals surface area contributed by atoms with E-state index in [0.29, 0.717) is 24.7 Å². The number of nitro benzene ring substituents is 1. The molecule has 1 aromatic rings. The highest BCUT2D eigenvalue weighted by atomic mass is 32.2. The van der Waals surface area contributed by atoms with Crippen LogP contribution in [0, 0.1) is 22.0 Å². The van der Waals surface area contributed by atoms with E-state index < -0.39 is 37.4 Å². The quantitative estimate of drug-likeness (QED) is 0.520. The van der Waals surface area contributed by atoms with Gasteiger partial charge in [0.25, 0.3) is 5.69 Å². The van der Waals surface area contributed by atoms with Gasteiger partial charge in [0.1, 0.15) is 5.60 Å². The average molecular weight is 424 g/mol. The fourth-order valence-electron chi connectivity index (χ4n) is 3.28. The van der Waals surface area contributed by atoms with Crippen LogP contribution in [0.2, 0.25) is 0 Å². The molecule has 1 N–H and O–H groups in total. The Kier molecular flexibility index (Phi) is 6.17. The molecule has 0 bridgehead atoms. The van der Waals surface area contributed by atoms with Crippen LogP contribution in [0.5, 0.6) is 5.75 Å². The number of rotatable bonds is 6. The maximum absolute atomic E-state index is 12.7. The molecular formula is C17H23F3N2O5S. The maximum atomic E-state index is 12.7. The van der Waals surface area contributed by atoms with Crippen molar-refractivity contribution in [3.8, 4) is 5.75 Å². The number of nitrogens with one attached hydrogen (secondary N) is 1. The van der Waals surface area contributed by atoms with Crippen molar-refractivity contribution < 1.29 is 31.2 Å². The largest absolute Gasteiger partial charge is 0.516 e. The van der Waals surface area contributed by atoms with Crippen LogP contribution in [-0.4, -0.2) is 24.5 Å². The molecular weight excluding hydrogens is 401 g/mol. The second kappa shape index (κ2) is 7.76. The van der Waals surface area contributed by atoms with Crippen molar-refractivity contribution in [2.24, 2.45) is 11.8 Å². The summed E-state index contributed by atoms with van der Waals surface area (Å²) in [5, 5.41) is 11.0. The summed E-state index contributed by atoms with van der Waals surface area (Å²) in [6.07, 6.45) is 2.88. The molecule has 28 heavy (non-hydrogen) atoms. The topological polar surface area (TPSA) is 98.5 Å². The Hall–Kier alpha value is -2.04. The van der Waals surface area contributed by atoms with Gasteiger partial charge in [0.15, 0.2) is 5.75 Å². The molecule has 1 aromatic carbocycles. The predicted octanol–water partition coefficient (Wildman–Crippen LogP) is 4.84. The monoisotopic (exact) mass is 424 g/mol. The molecule has 2 rings (SSSR count). The first kappa shape index (κ1) is 22.3. The van der Waals surface area contributed by atoms with Crippen LogP contribution in [0.25, 0.3) is 0 Å². The van der Waals surface area contributed by atoms with E-state index in [2.05, 4.69) is 13.8 Å². The number of halogens is 3. The summed E-state index contributed by atoms with van der Waals surface area (Å²) in [5.41, 5.74) is -7.19. The van der Waals surface area contributed by atoms with Gasteiger partial charge in [-0.2, -0.15) is 21.6 Å². The third kappa shape index (κ3) is 5.06. The van der Waals surface area contributed by atoms with Gasteiger partial charge in [-0.05, 0) is 50.5 Å². The van der Waals surface area contributed by atoms with Crippen LogP contribution in [0.4, 0.5) is 24.5 Å². The molecule has 0 radical (unpaired) electrons. The first-order chi connectivity index (χ1) is 12.7. The zero-order chi connectivity index (χ0) is 21.3. The van der Waals surface area contributed by atoms with E-state index in [-0.39, 0.29) is 5.75 Å². The number of non-ortho nitro benzene ring substituents is 1. The second-order valence-electron chi connectivity index (χ2n) is 7.62. The normalized spacial score (nSPS) is 23.5. The highest BCUT2D eigenvalue weighted by Gasteiger charge is 2.46. The van der Waals surface area contributed by atoms with E-state index in [1.54, 1.807) is 6.92 Å². The zero-order valence-corrected chi connectivity index (χ0v) is 16.6. The molecule has 0 saturated heterocycles. The number of nitro groups is 1. The fourth-order valence-corrected chi connectivity index (χ4v) is 3.85. The van der Waals surface area contributed by atoms with Crippen LogP contribution in [0.1, 0.15) is 46.5 Å². The molecule has 1 aliphatic carbocycles. The van der Waals surface area contributed by atoms with Gasteiger partial charge in [0.2, 0.25) is 0 Å². The molecule has 7 nitrogen and oxygen atoms in total. The highest BCUT2D eigenvalue weighted by Crippen LogP contribution is 2.41. The minimum Gasteiger partial charge on any atom is -0.485 e. The third-order valence-corrected chi connectivity index (χ3v) is 6.21. The molecule has 0 amide bonds. The van der Waals surface area contributed by atoms with E-state index in [0.717, 1.165) is 31.0 Å². The summed E-state index contributed by atoms with van der Waals surface area (Å²) in [6, 6.07) is 2.76. The third-order valence-electron chi connectivity index (χ3n) is 5.11. The molecule has 1 aliphatic rings. The number of benzene rings is 1. The van der Waals surface area contributed by atoms with Crippen molar-refractivity contribution >= 4 is 21.4 Å². The lowest BCUT2D eigenvalue weighted by Gasteiger charge is -2.39. The smallest absolute Gasteiger partial charge is 0.485 e. The molecule has 11 heteroatoms. The number of anilines is 1. The van der Waals surface area contributed by atoms with E-state index in [4.69, 9.17) is 4.74 Å². The molecule has 1 saturated carbocycles. The molecule has 0 atom stereocenters.